The zero-order valence-electron chi connectivity index (χ0n) is 14.6. The highest BCUT2D eigenvalue weighted by Crippen LogP contribution is 2.13. The van der Waals surface area contributed by atoms with Gasteiger partial charge in [0.2, 0.25) is 5.91 Å². The average molecular weight is 334 g/mol. The summed E-state index contributed by atoms with van der Waals surface area (Å²) in [4.78, 5) is 36.4. The highest BCUT2D eigenvalue weighted by molar-refractivity contribution is 5.95. The Morgan fingerprint density at radius 3 is 2.46 bits per heavy atom. The number of amides is 2. The first-order chi connectivity index (χ1) is 11.5. The number of aryl methyl sites for hydroxylation is 1. The Labute approximate surface area is 143 Å². The van der Waals surface area contributed by atoms with Crippen LogP contribution in [0.4, 0.5) is 0 Å². The van der Waals surface area contributed by atoms with Crippen molar-refractivity contribution in [2.45, 2.75) is 32.1 Å². The lowest BCUT2D eigenvalue weighted by molar-refractivity contribution is -0.140. The van der Waals surface area contributed by atoms with Crippen LogP contribution in [0.5, 0.6) is 0 Å². The van der Waals surface area contributed by atoms with E-state index in [0.717, 1.165) is 24.8 Å². The zero-order valence-corrected chi connectivity index (χ0v) is 14.6. The lowest BCUT2D eigenvalue weighted by Gasteiger charge is -2.11. The quantitative estimate of drug-likeness (QED) is 0.552. The molecule has 1 aromatic rings. The number of unbranched alkanes of at least 4 members (excludes halogenated alkanes) is 1. The van der Waals surface area contributed by atoms with Gasteiger partial charge in [0, 0.05) is 32.6 Å². The summed E-state index contributed by atoms with van der Waals surface area (Å²) in [6.07, 6.45) is 3.03. The van der Waals surface area contributed by atoms with Gasteiger partial charge in [0.15, 0.2) is 0 Å². The maximum absolute atomic E-state index is 12.2. The molecule has 2 amide bonds. The SMILES string of the molecule is COC(=O)CCNC(=O)c1ccccc1CCCCC(=O)N(C)C. The minimum absolute atomic E-state index is 0.115. The number of hydrogen-bond donors (Lipinski definition) is 1. The lowest BCUT2D eigenvalue weighted by Crippen LogP contribution is -2.27. The minimum Gasteiger partial charge on any atom is -0.469 e. The van der Waals surface area contributed by atoms with Gasteiger partial charge in [0.25, 0.3) is 5.91 Å². The third kappa shape index (κ3) is 6.81. The fourth-order valence-electron chi connectivity index (χ4n) is 2.25. The molecule has 132 valence electrons. The van der Waals surface area contributed by atoms with Crippen LogP contribution in [0.15, 0.2) is 24.3 Å². The largest absolute Gasteiger partial charge is 0.469 e. The second-order valence-electron chi connectivity index (χ2n) is 5.73. The first-order valence-corrected chi connectivity index (χ1v) is 8.08. The van der Waals surface area contributed by atoms with E-state index in [-0.39, 0.29) is 30.7 Å². The molecule has 0 fully saturated rings. The second-order valence-corrected chi connectivity index (χ2v) is 5.73. The highest BCUT2D eigenvalue weighted by Gasteiger charge is 2.11. The van der Waals surface area contributed by atoms with Gasteiger partial charge in [0.1, 0.15) is 0 Å². The Morgan fingerprint density at radius 2 is 1.79 bits per heavy atom. The summed E-state index contributed by atoms with van der Waals surface area (Å²) in [6, 6.07) is 7.40. The molecule has 0 radical (unpaired) electrons. The molecule has 24 heavy (non-hydrogen) atoms. The Morgan fingerprint density at radius 1 is 1.08 bits per heavy atom. The van der Waals surface area contributed by atoms with Crippen molar-refractivity contribution >= 4 is 17.8 Å². The van der Waals surface area contributed by atoms with Crippen molar-refractivity contribution in [3.8, 4) is 0 Å². The van der Waals surface area contributed by atoms with Crippen LogP contribution in [0.3, 0.4) is 0 Å². The number of ether oxygens (including phenoxy) is 1. The van der Waals surface area contributed by atoms with Crippen LogP contribution in [0.2, 0.25) is 0 Å². The van der Waals surface area contributed by atoms with Crippen molar-refractivity contribution < 1.29 is 19.1 Å². The molecule has 0 bridgehead atoms. The molecule has 6 nitrogen and oxygen atoms in total. The van der Waals surface area contributed by atoms with E-state index < -0.39 is 0 Å². The smallest absolute Gasteiger partial charge is 0.307 e. The first-order valence-electron chi connectivity index (χ1n) is 8.08. The molecule has 0 unspecified atom stereocenters. The van der Waals surface area contributed by atoms with Crippen LogP contribution in [0.25, 0.3) is 0 Å². The molecule has 0 spiro atoms. The predicted molar refractivity (Wildman–Crippen MR) is 91.7 cm³/mol. The molecule has 0 heterocycles. The van der Waals surface area contributed by atoms with Crippen LogP contribution in [0, 0.1) is 0 Å². The summed E-state index contributed by atoms with van der Waals surface area (Å²) < 4.78 is 4.54. The van der Waals surface area contributed by atoms with Crippen molar-refractivity contribution in [3.63, 3.8) is 0 Å². The predicted octanol–water partition coefficient (Wildman–Crippen LogP) is 1.78. The second kappa shape index (κ2) is 10.4. The molecule has 0 atom stereocenters. The van der Waals surface area contributed by atoms with Gasteiger partial charge < -0.3 is 15.0 Å². The Hall–Kier alpha value is -2.37. The monoisotopic (exact) mass is 334 g/mol. The Kier molecular flexibility index (Phi) is 8.54. The van der Waals surface area contributed by atoms with E-state index in [0.29, 0.717) is 12.0 Å². The molecule has 0 saturated heterocycles. The maximum Gasteiger partial charge on any atom is 0.307 e. The summed E-state index contributed by atoms with van der Waals surface area (Å²) in [6.45, 7) is 0.247. The summed E-state index contributed by atoms with van der Waals surface area (Å²) >= 11 is 0. The van der Waals surface area contributed by atoms with E-state index in [9.17, 15) is 14.4 Å². The number of methoxy groups -OCH3 is 1. The van der Waals surface area contributed by atoms with Crippen molar-refractivity contribution in [3.05, 3.63) is 35.4 Å². The third-order valence-electron chi connectivity index (χ3n) is 3.69. The number of carbonyl (C=O) groups is 3. The molecule has 0 aliphatic heterocycles. The number of esters is 1. The average Bonchev–Trinajstić information content (AvgIpc) is 2.58. The molecule has 0 aliphatic rings. The van der Waals surface area contributed by atoms with Gasteiger partial charge in [0.05, 0.1) is 13.5 Å². The molecule has 0 aromatic heterocycles. The topological polar surface area (TPSA) is 75.7 Å². The molecule has 0 saturated carbocycles. The van der Waals surface area contributed by atoms with E-state index in [2.05, 4.69) is 10.1 Å². The van der Waals surface area contributed by atoms with Crippen LogP contribution in [0.1, 0.15) is 41.6 Å². The van der Waals surface area contributed by atoms with E-state index >= 15 is 0 Å². The summed E-state index contributed by atoms with van der Waals surface area (Å²) in [5, 5.41) is 2.73. The van der Waals surface area contributed by atoms with E-state index in [1.165, 1.54) is 7.11 Å². The van der Waals surface area contributed by atoms with Gasteiger partial charge in [-0.25, -0.2) is 0 Å². The van der Waals surface area contributed by atoms with Crippen molar-refractivity contribution in [2.75, 3.05) is 27.7 Å². The molecular formula is C18H26N2O4. The van der Waals surface area contributed by atoms with Crippen LogP contribution >= 0.6 is 0 Å². The third-order valence-corrected chi connectivity index (χ3v) is 3.69. The molecule has 1 N–H and O–H groups in total. The summed E-state index contributed by atoms with van der Waals surface area (Å²) in [5.74, 6) is -0.433. The summed E-state index contributed by atoms with van der Waals surface area (Å²) in [5.41, 5.74) is 1.56. The van der Waals surface area contributed by atoms with Crippen LogP contribution in [-0.4, -0.2) is 50.4 Å². The molecular weight excluding hydrogens is 308 g/mol. The number of nitrogens with one attached hydrogen (secondary N) is 1. The summed E-state index contributed by atoms with van der Waals surface area (Å²) in [7, 11) is 4.81. The normalized spacial score (nSPS) is 10.1. The number of rotatable bonds is 9. The van der Waals surface area contributed by atoms with Gasteiger partial charge in [-0.2, -0.15) is 0 Å². The van der Waals surface area contributed by atoms with Gasteiger partial charge in [-0.05, 0) is 30.9 Å². The standard InChI is InChI=1S/C18H26N2O4/c1-20(2)16(21)11-7-5-9-14-8-4-6-10-15(14)18(23)19-13-12-17(22)24-3/h4,6,8,10H,5,7,9,11-13H2,1-3H3,(H,19,23). The fourth-order valence-corrected chi connectivity index (χ4v) is 2.25. The zero-order chi connectivity index (χ0) is 17.9. The maximum atomic E-state index is 12.2. The molecule has 0 aliphatic carbocycles. The Balaban J connectivity index is 2.50. The Bertz CT molecular complexity index is 570. The first kappa shape index (κ1) is 19.7. The van der Waals surface area contributed by atoms with Crippen molar-refractivity contribution in [1.82, 2.24) is 10.2 Å². The molecule has 1 rings (SSSR count). The van der Waals surface area contributed by atoms with Gasteiger partial charge in [-0.15, -0.1) is 0 Å². The minimum atomic E-state index is -0.353. The van der Waals surface area contributed by atoms with Crippen LogP contribution < -0.4 is 5.32 Å². The number of carbonyl (C=O) groups excluding carboxylic acids is 3. The van der Waals surface area contributed by atoms with Gasteiger partial charge in [-0.3, -0.25) is 14.4 Å². The lowest BCUT2D eigenvalue weighted by atomic mass is 10.0. The van der Waals surface area contributed by atoms with E-state index in [1.54, 1.807) is 25.1 Å². The van der Waals surface area contributed by atoms with Crippen molar-refractivity contribution in [1.29, 1.82) is 0 Å². The van der Waals surface area contributed by atoms with E-state index in [4.69, 9.17) is 0 Å². The highest BCUT2D eigenvalue weighted by atomic mass is 16.5. The number of hydrogen-bond acceptors (Lipinski definition) is 4. The van der Waals surface area contributed by atoms with Crippen LogP contribution in [-0.2, 0) is 20.7 Å². The molecule has 1 aromatic carbocycles. The fraction of sp³-hybridized carbons (Fsp3) is 0.500. The van der Waals surface area contributed by atoms with Gasteiger partial charge >= 0.3 is 5.97 Å². The molecule has 6 heteroatoms. The van der Waals surface area contributed by atoms with Crippen molar-refractivity contribution in [2.24, 2.45) is 0 Å². The number of benzene rings is 1. The van der Waals surface area contributed by atoms with E-state index in [1.807, 2.05) is 18.2 Å². The van der Waals surface area contributed by atoms with Gasteiger partial charge in [-0.1, -0.05) is 18.2 Å². The number of nitrogens with zero attached hydrogens (tertiary/aromatic N) is 1.